The van der Waals surface area contributed by atoms with Gasteiger partial charge in [0.2, 0.25) is 10.0 Å². The van der Waals surface area contributed by atoms with Crippen LogP contribution in [0.2, 0.25) is 5.02 Å². The fourth-order valence-electron chi connectivity index (χ4n) is 1.11. The van der Waals surface area contributed by atoms with Crippen molar-refractivity contribution in [1.82, 2.24) is 0 Å². The second-order valence-electron chi connectivity index (χ2n) is 3.03. The number of carbonyl (C=O) groups is 1. The first-order valence-corrected chi connectivity index (χ1v) is 6.38. The second kappa shape index (κ2) is 4.99. The molecule has 0 aliphatic heterocycles. The van der Waals surface area contributed by atoms with Crippen LogP contribution in [-0.2, 0) is 14.8 Å². The molecule has 0 aliphatic carbocycles. The van der Waals surface area contributed by atoms with E-state index in [1.54, 1.807) is 0 Å². The Morgan fingerprint density at radius 1 is 1.53 bits per heavy atom. The minimum absolute atomic E-state index is 0.0333. The minimum Gasteiger partial charge on any atom is -0.462 e. The Kier molecular flexibility index (Phi) is 4.07. The van der Waals surface area contributed by atoms with Crippen LogP contribution in [0.4, 0.5) is 4.39 Å². The maximum absolute atomic E-state index is 13.4. The van der Waals surface area contributed by atoms with Crippen molar-refractivity contribution in [1.29, 1.82) is 0 Å². The molecule has 0 saturated carbocycles. The summed E-state index contributed by atoms with van der Waals surface area (Å²) in [6.45, 7) is 1.57. The van der Waals surface area contributed by atoms with Gasteiger partial charge < -0.3 is 4.74 Å². The molecule has 0 saturated heterocycles. The molecule has 1 rings (SSSR count). The topological polar surface area (TPSA) is 86.5 Å². The van der Waals surface area contributed by atoms with Gasteiger partial charge in [0.05, 0.1) is 17.2 Å². The summed E-state index contributed by atoms with van der Waals surface area (Å²) in [5.74, 6) is -1.95. The van der Waals surface area contributed by atoms with Crippen LogP contribution in [0.3, 0.4) is 0 Å². The van der Waals surface area contributed by atoms with Crippen molar-refractivity contribution in [3.05, 3.63) is 28.5 Å². The summed E-state index contributed by atoms with van der Waals surface area (Å²) in [6, 6.07) is 1.46. The van der Waals surface area contributed by atoms with Gasteiger partial charge in [0.25, 0.3) is 0 Å². The van der Waals surface area contributed by atoms with E-state index in [4.69, 9.17) is 16.7 Å². The molecule has 0 aromatic heterocycles. The van der Waals surface area contributed by atoms with E-state index in [1.165, 1.54) is 6.92 Å². The summed E-state index contributed by atoms with van der Waals surface area (Å²) in [7, 11) is -4.13. The number of benzene rings is 1. The highest BCUT2D eigenvalue weighted by Crippen LogP contribution is 2.24. The van der Waals surface area contributed by atoms with Crippen molar-refractivity contribution in [2.24, 2.45) is 5.14 Å². The Morgan fingerprint density at radius 3 is 2.59 bits per heavy atom. The van der Waals surface area contributed by atoms with E-state index in [0.29, 0.717) is 6.07 Å². The van der Waals surface area contributed by atoms with E-state index in [-0.39, 0.29) is 6.61 Å². The fraction of sp³-hybridized carbons (Fsp3) is 0.222. The highest BCUT2D eigenvalue weighted by atomic mass is 35.5. The maximum Gasteiger partial charge on any atom is 0.341 e. The summed E-state index contributed by atoms with van der Waals surface area (Å²) < 4.78 is 40.2. The van der Waals surface area contributed by atoms with Crippen LogP contribution in [0.1, 0.15) is 17.3 Å². The number of ether oxygens (including phenoxy) is 1. The van der Waals surface area contributed by atoms with Gasteiger partial charge in [-0.2, -0.15) is 0 Å². The largest absolute Gasteiger partial charge is 0.462 e. The van der Waals surface area contributed by atoms with E-state index in [9.17, 15) is 17.6 Å². The van der Waals surface area contributed by atoms with Crippen LogP contribution in [0.5, 0.6) is 0 Å². The molecule has 0 unspecified atom stereocenters. The highest BCUT2D eigenvalue weighted by Gasteiger charge is 2.21. The lowest BCUT2D eigenvalue weighted by molar-refractivity contribution is 0.0520. The number of hydrogen-bond acceptors (Lipinski definition) is 4. The SMILES string of the molecule is CCOC(=O)c1cc(S(N)(=O)=O)c(Cl)cc1F. The molecular formula is C9H9ClFNO4S. The average Bonchev–Trinajstić information content (AvgIpc) is 2.15. The molecular weight excluding hydrogens is 273 g/mol. The van der Waals surface area contributed by atoms with Crippen LogP contribution < -0.4 is 5.14 Å². The fourth-order valence-corrected chi connectivity index (χ4v) is 2.20. The molecule has 0 atom stereocenters. The zero-order valence-electron chi connectivity index (χ0n) is 8.74. The Bertz CT molecular complexity index is 558. The van der Waals surface area contributed by atoms with Crippen molar-refractivity contribution in [2.45, 2.75) is 11.8 Å². The van der Waals surface area contributed by atoms with Crippen LogP contribution in [0.25, 0.3) is 0 Å². The molecule has 1 aromatic rings. The normalized spacial score (nSPS) is 11.3. The predicted molar refractivity (Wildman–Crippen MR) is 58.7 cm³/mol. The van der Waals surface area contributed by atoms with Gasteiger partial charge in [0.15, 0.2) is 0 Å². The molecule has 0 amide bonds. The lowest BCUT2D eigenvalue weighted by atomic mass is 10.2. The van der Waals surface area contributed by atoms with Crippen molar-refractivity contribution in [3.8, 4) is 0 Å². The van der Waals surface area contributed by atoms with Gasteiger partial charge >= 0.3 is 5.97 Å². The molecule has 94 valence electrons. The number of hydrogen-bond donors (Lipinski definition) is 1. The minimum atomic E-state index is -4.13. The molecule has 0 fully saturated rings. The van der Waals surface area contributed by atoms with Gasteiger partial charge in [-0.3, -0.25) is 0 Å². The number of halogens is 2. The van der Waals surface area contributed by atoms with Crippen LogP contribution in [0, 0.1) is 5.82 Å². The molecule has 5 nitrogen and oxygen atoms in total. The van der Waals surface area contributed by atoms with E-state index in [1.807, 2.05) is 0 Å². The number of esters is 1. The first kappa shape index (κ1) is 13.9. The molecule has 0 bridgehead atoms. The summed E-state index contributed by atoms with van der Waals surface area (Å²) in [5.41, 5.74) is -0.528. The van der Waals surface area contributed by atoms with Gasteiger partial charge in [-0.05, 0) is 19.1 Å². The third-order valence-electron chi connectivity index (χ3n) is 1.82. The molecule has 17 heavy (non-hydrogen) atoms. The van der Waals surface area contributed by atoms with Gasteiger partial charge in [-0.25, -0.2) is 22.7 Å². The number of rotatable bonds is 3. The lowest BCUT2D eigenvalue weighted by Crippen LogP contribution is -2.15. The summed E-state index contributed by atoms with van der Waals surface area (Å²) in [5, 5.41) is 4.47. The molecule has 8 heteroatoms. The molecule has 0 radical (unpaired) electrons. The number of primary sulfonamides is 1. The maximum atomic E-state index is 13.4. The zero-order chi connectivity index (χ0) is 13.2. The Hall–Kier alpha value is -1.18. The molecule has 0 heterocycles. The van der Waals surface area contributed by atoms with Crippen LogP contribution in [0.15, 0.2) is 17.0 Å². The van der Waals surface area contributed by atoms with Gasteiger partial charge in [-0.15, -0.1) is 0 Å². The van der Waals surface area contributed by atoms with Crippen molar-refractivity contribution in [2.75, 3.05) is 6.61 Å². The number of carbonyl (C=O) groups excluding carboxylic acids is 1. The smallest absolute Gasteiger partial charge is 0.341 e. The third-order valence-corrected chi connectivity index (χ3v) is 3.20. The van der Waals surface area contributed by atoms with Crippen molar-refractivity contribution >= 4 is 27.6 Å². The van der Waals surface area contributed by atoms with Crippen LogP contribution >= 0.6 is 11.6 Å². The van der Waals surface area contributed by atoms with Crippen molar-refractivity contribution in [3.63, 3.8) is 0 Å². The molecule has 1 aromatic carbocycles. The lowest BCUT2D eigenvalue weighted by Gasteiger charge is -2.07. The van der Waals surface area contributed by atoms with E-state index < -0.39 is 37.3 Å². The third kappa shape index (κ3) is 3.15. The second-order valence-corrected chi connectivity index (χ2v) is 4.97. The molecule has 0 spiro atoms. The number of nitrogens with two attached hydrogens (primary N) is 1. The monoisotopic (exact) mass is 281 g/mol. The molecule has 0 aliphatic rings. The average molecular weight is 282 g/mol. The summed E-state index contributed by atoms with van der Waals surface area (Å²) in [4.78, 5) is 10.8. The van der Waals surface area contributed by atoms with E-state index >= 15 is 0 Å². The first-order chi connectivity index (χ1) is 7.77. The zero-order valence-corrected chi connectivity index (χ0v) is 10.3. The predicted octanol–water partition coefficient (Wildman–Crippen LogP) is 1.30. The van der Waals surface area contributed by atoms with Gasteiger partial charge in [-0.1, -0.05) is 11.6 Å². The Balaban J connectivity index is 3.39. The first-order valence-electron chi connectivity index (χ1n) is 4.46. The van der Waals surface area contributed by atoms with Crippen LogP contribution in [-0.4, -0.2) is 21.0 Å². The standard InChI is InChI=1S/C9H9ClFNO4S/c1-2-16-9(13)5-3-8(17(12,14)15)6(10)4-7(5)11/h3-4H,2H2,1H3,(H2,12,14,15). The Morgan fingerprint density at radius 2 is 2.12 bits per heavy atom. The van der Waals surface area contributed by atoms with Gasteiger partial charge in [0.1, 0.15) is 10.7 Å². The van der Waals surface area contributed by atoms with Gasteiger partial charge in [0, 0.05) is 0 Å². The quantitative estimate of drug-likeness (QED) is 0.846. The van der Waals surface area contributed by atoms with Crippen molar-refractivity contribution < 1.29 is 22.3 Å². The van der Waals surface area contributed by atoms with E-state index in [0.717, 1.165) is 6.07 Å². The summed E-state index contributed by atoms with van der Waals surface area (Å²) in [6.07, 6.45) is 0. The highest BCUT2D eigenvalue weighted by molar-refractivity contribution is 7.89. The molecule has 2 N–H and O–H groups in total. The summed E-state index contributed by atoms with van der Waals surface area (Å²) >= 11 is 5.52. The van der Waals surface area contributed by atoms with E-state index in [2.05, 4.69) is 4.74 Å². The Labute approximate surface area is 102 Å². The number of sulfonamides is 1.